The molecule has 7 heteroatoms. The third-order valence-corrected chi connectivity index (χ3v) is 5.95. The van der Waals surface area contributed by atoms with Gasteiger partial charge in [-0.2, -0.15) is 4.31 Å². The van der Waals surface area contributed by atoms with Gasteiger partial charge in [0.15, 0.2) is 0 Å². The number of methoxy groups -OCH3 is 1. The van der Waals surface area contributed by atoms with Crippen LogP contribution in [0, 0.1) is 5.92 Å². The number of likely N-dealkylation sites (tertiary alicyclic amines) is 1. The van der Waals surface area contributed by atoms with E-state index < -0.39 is 10.0 Å². The van der Waals surface area contributed by atoms with Gasteiger partial charge >= 0.3 is 0 Å². The van der Waals surface area contributed by atoms with Crippen LogP contribution < -0.4 is 4.74 Å². The van der Waals surface area contributed by atoms with Crippen LogP contribution in [-0.4, -0.2) is 57.3 Å². The number of nitrogens with zero attached hydrogens (tertiary/aromatic N) is 2. The fourth-order valence-corrected chi connectivity index (χ4v) is 3.84. The standard InChI is InChI=1S/C16H24N2O4S/c1-13-5-4-10-18(11-13)16(19)12-17(2)23(20,21)15-8-6-14(22-3)7-9-15/h6-9,13H,4-5,10-12H2,1-3H3/t13-/m1/s1. The topological polar surface area (TPSA) is 66.9 Å². The molecule has 1 fully saturated rings. The first-order valence-electron chi connectivity index (χ1n) is 7.72. The summed E-state index contributed by atoms with van der Waals surface area (Å²) in [6.45, 7) is 3.38. The van der Waals surface area contributed by atoms with Crippen molar-refractivity contribution in [3.8, 4) is 5.75 Å². The number of ether oxygens (including phenoxy) is 1. The highest BCUT2D eigenvalue weighted by molar-refractivity contribution is 7.89. The molecule has 0 bridgehead atoms. The molecule has 0 spiro atoms. The van der Waals surface area contributed by atoms with Gasteiger partial charge in [-0.3, -0.25) is 4.79 Å². The Hall–Kier alpha value is -1.60. The summed E-state index contributed by atoms with van der Waals surface area (Å²) in [5.41, 5.74) is 0. The highest BCUT2D eigenvalue weighted by atomic mass is 32.2. The SMILES string of the molecule is COc1ccc(S(=O)(=O)N(C)CC(=O)N2CCC[C@@H](C)C2)cc1. The van der Waals surface area contributed by atoms with Gasteiger partial charge in [0.1, 0.15) is 5.75 Å². The van der Waals surface area contributed by atoms with Gasteiger partial charge in [0.2, 0.25) is 15.9 Å². The monoisotopic (exact) mass is 340 g/mol. The number of sulfonamides is 1. The van der Waals surface area contributed by atoms with Crippen molar-refractivity contribution in [1.29, 1.82) is 0 Å². The van der Waals surface area contributed by atoms with Crippen LogP contribution in [0.15, 0.2) is 29.2 Å². The van der Waals surface area contributed by atoms with Crippen LogP contribution >= 0.6 is 0 Å². The number of hydrogen-bond acceptors (Lipinski definition) is 4. The molecule has 0 aromatic heterocycles. The van der Waals surface area contributed by atoms with Crippen LogP contribution in [0.2, 0.25) is 0 Å². The van der Waals surface area contributed by atoms with Crippen LogP contribution in [0.25, 0.3) is 0 Å². The van der Waals surface area contributed by atoms with Crippen molar-refractivity contribution in [3.63, 3.8) is 0 Å². The molecule has 0 N–H and O–H groups in total. The average molecular weight is 340 g/mol. The number of carbonyl (C=O) groups is 1. The van der Waals surface area contributed by atoms with E-state index in [2.05, 4.69) is 6.92 Å². The van der Waals surface area contributed by atoms with E-state index in [0.29, 0.717) is 24.8 Å². The molecule has 1 aliphatic rings. The van der Waals surface area contributed by atoms with Gasteiger partial charge in [0.05, 0.1) is 18.6 Å². The van der Waals surface area contributed by atoms with E-state index in [0.717, 1.165) is 17.1 Å². The summed E-state index contributed by atoms with van der Waals surface area (Å²) in [7, 11) is -0.724. The van der Waals surface area contributed by atoms with Gasteiger partial charge in [-0.15, -0.1) is 0 Å². The van der Waals surface area contributed by atoms with E-state index >= 15 is 0 Å². The summed E-state index contributed by atoms with van der Waals surface area (Å²) in [5.74, 6) is 0.914. The Morgan fingerprint density at radius 2 is 2.00 bits per heavy atom. The second kappa shape index (κ2) is 7.31. The minimum atomic E-state index is -3.68. The molecule has 6 nitrogen and oxygen atoms in total. The predicted molar refractivity (Wildman–Crippen MR) is 87.8 cm³/mol. The summed E-state index contributed by atoms with van der Waals surface area (Å²) in [6, 6.07) is 6.15. The van der Waals surface area contributed by atoms with Crippen LogP contribution in [0.3, 0.4) is 0 Å². The maximum Gasteiger partial charge on any atom is 0.243 e. The lowest BCUT2D eigenvalue weighted by molar-refractivity contribution is -0.132. The Morgan fingerprint density at radius 3 is 2.57 bits per heavy atom. The van der Waals surface area contributed by atoms with Crippen molar-refractivity contribution >= 4 is 15.9 Å². The highest BCUT2D eigenvalue weighted by Crippen LogP contribution is 2.20. The van der Waals surface area contributed by atoms with E-state index in [1.165, 1.54) is 26.3 Å². The van der Waals surface area contributed by atoms with Gasteiger partial charge in [-0.05, 0) is 43.0 Å². The van der Waals surface area contributed by atoms with E-state index in [1.54, 1.807) is 17.0 Å². The highest BCUT2D eigenvalue weighted by Gasteiger charge is 2.27. The second-order valence-electron chi connectivity index (χ2n) is 6.02. The molecule has 1 saturated heterocycles. The Bertz CT molecular complexity index is 643. The van der Waals surface area contributed by atoms with E-state index in [9.17, 15) is 13.2 Å². The van der Waals surface area contributed by atoms with Gasteiger partial charge in [-0.1, -0.05) is 6.92 Å². The molecular weight excluding hydrogens is 316 g/mol. The molecule has 1 heterocycles. The Balaban J connectivity index is 2.05. The summed E-state index contributed by atoms with van der Waals surface area (Å²) < 4.78 is 31.2. The van der Waals surface area contributed by atoms with E-state index in [1.807, 2.05) is 0 Å². The summed E-state index contributed by atoms with van der Waals surface area (Å²) in [4.78, 5) is 14.2. The van der Waals surface area contributed by atoms with Crippen molar-refractivity contribution in [2.75, 3.05) is 33.8 Å². The van der Waals surface area contributed by atoms with Gasteiger partial charge in [0, 0.05) is 20.1 Å². The maximum absolute atomic E-state index is 12.5. The third-order valence-electron chi connectivity index (χ3n) is 4.14. The summed E-state index contributed by atoms with van der Waals surface area (Å²) >= 11 is 0. The predicted octanol–water partition coefficient (Wildman–Crippen LogP) is 1.57. The van der Waals surface area contributed by atoms with Crippen LogP contribution in [-0.2, 0) is 14.8 Å². The lowest BCUT2D eigenvalue weighted by Gasteiger charge is -2.32. The molecule has 0 unspecified atom stereocenters. The summed E-state index contributed by atoms with van der Waals surface area (Å²) in [5, 5.41) is 0. The van der Waals surface area contributed by atoms with Crippen LogP contribution in [0.4, 0.5) is 0 Å². The molecule has 1 aliphatic heterocycles. The molecule has 0 aliphatic carbocycles. The van der Waals surface area contributed by atoms with Gasteiger partial charge in [-0.25, -0.2) is 8.42 Å². The first kappa shape index (κ1) is 17.7. The molecule has 0 saturated carbocycles. The number of amides is 1. The van der Waals surface area contributed by atoms with Gasteiger partial charge < -0.3 is 9.64 Å². The first-order chi connectivity index (χ1) is 10.8. The number of benzene rings is 1. The second-order valence-corrected chi connectivity index (χ2v) is 8.07. The first-order valence-corrected chi connectivity index (χ1v) is 9.16. The third kappa shape index (κ3) is 4.23. The minimum absolute atomic E-state index is 0.138. The van der Waals surface area contributed by atoms with Crippen molar-refractivity contribution in [1.82, 2.24) is 9.21 Å². The van der Waals surface area contributed by atoms with E-state index in [-0.39, 0.29) is 17.3 Å². The number of piperidine rings is 1. The van der Waals surface area contributed by atoms with Crippen molar-refractivity contribution in [2.24, 2.45) is 5.92 Å². The Kier molecular flexibility index (Phi) is 5.64. The van der Waals surface area contributed by atoms with Crippen molar-refractivity contribution in [3.05, 3.63) is 24.3 Å². The molecule has 0 radical (unpaired) electrons. The van der Waals surface area contributed by atoms with Crippen molar-refractivity contribution in [2.45, 2.75) is 24.7 Å². The molecule has 1 amide bonds. The molecule has 23 heavy (non-hydrogen) atoms. The minimum Gasteiger partial charge on any atom is -0.497 e. The zero-order chi connectivity index (χ0) is 17.0. The molecule has 128 valence electrons. The van der Waals surface area contributed by atoms with Crippen LogP contribution in [0.1, 0.15) is 19.8 Å². The lowest BCUT2D eigenvalue weighted by Crippen LogP contribution is -2.45. The zero-order valence-corrected chi connectivity index (χ0v) is 14.7. The summed E-state index contributed by atoms with van der Waals surface area (Å²) in [6.07, 6.45) is 2.09. The number of hydrogen-bond donors (Lipinski definition) is 0. The molecule has 1 aromatic carbocycles. The van der Waals surface area contributed by atoms with E-state index in [4.69, 9.17) is 4.74 Å². The fourth-order valence-electron chi connectivity index (χ4n) is 2.72. The fraction of sp³-hybridized carbons (Fsp3) is 0.562. The van der Waals surface area contributed by atoms with Crippen molar-refractivity contribution < 1.29 is 17.9 Å². The number of rotatable bonds is 5. The number of likely N-dealkylation sites (N-methyl/N-ethyl adjacent to an activating group) is 1. The average Bonchev–Trinajstić information content (AvgIpc) is 2.54. The van der Waals surface area contributed by atoms with Gasteiger partial charge in [0.25, 0.3) is 0 Å². The smallest absolute Gasteiger partial charge is 0.243 e. The quantitative estimate of drug-likeness (QED) is 0.816. The largest absolute Gasteiger partial charge is 0.497 e. The zero-order valence-electron chi connectivity index (χ0n) is 13.9. The number of carbonyl (C=O) groups excluding carboxylic acids is 1. The molecular formula is C16H24N2O4S. The lowest BCUT2D eigenvalue weighted by atomic mass is 10.0. The molecule has 2 rings (SSSR count). The maximum atomic E-state index is 12.5. The van der Waals surface area contributed by atoms with Crippen LogP contribution in [0.5, 0.6) is 5.75 Å². The Labute approximate surface area is 138 Å². The molecule has 1 atom stereocenters. The normalized spacial score (nSPS) is 19.0. The Morgan fingerprint density at radius 1 is 1.35 bits per heavy atom. The molecule has 1 aromatic rings.